The number of hydrogen-bond acceptors (Lipinski definition) is 4. The number of methoxy groups -OCH3 is 1. The summed E-state index contributed by atoms with van der Waals surface area (Å²) in [5, 5.41) is 3.31. The number of hydrogen-bond donors (Lipinski definition) is 1. The standard InChI is InChI=1S/C14H21ClN2O4S/c1-21-9-3-8-17(22(2,19)20)11-14(18)16-10-12-4-6-13(15)7-5-12/h4-7H,3,8-11H2,1-2H3,(H,16,18). The number of rotatable bonds is 9. The van der Waals surface area contributed by atoms with E-state index in [-0.39, 0.29) is 19.0 Å². The Balaban J connectivity index is 2.50. The van der Waals surface area contributed by atoms with E-state index in [2.05, 4.69) is 5.32 Å². The van der Waals surface area contributed by atoms with Crippen LogP contribution in [0.1, 0.15) is 12.0 Å². The van der Waals surface area contributed by atoms with Crippen LogP contribution in [0.5, 0.6) is 0 Å². The fourth-order valence-electron chi connectivity index (χ4n) is 1.77. The summed E-state index contributed by atoms with van der Waals surface area (Å²) in [4.78, 5) is 11.9. The zero-order chi connectivity index (χ0) is 16.6. The number of halogens is 1. The molecule has 0 radical (unpaired) electrons. The Morgan fingerprint density at radius 1 is 1.32 bits per heavy atom. The van der Waals surface area contributed by atoms with Crippen LogP contribution in [0.3, 0.4) is 0 Å². The van der Waals surface area contributed by atoms with E-state index in [0.717, 1.165) is 16.1 Å². The van der Waals surface area contributed by atoms with Gasteiger partial charge in [0.05, 0.1) is 12.8 Å². The summed E-state index contributed by atoms with van der Waals surface area (Å²) >= 11 is 5.78. The van der Waals surface area contributed by atoms with E-state index in [9.17, 15) is 13.2 Å². The third-order valence-corrected chi connectivity index (χ3v) is 4.45. The number of nitrogens with one attached hydrogen (secondary N) is 1. The van der Waals surface area contributed by atoms with Crippen LogP contribution in [0.4, 0.5) is 0 Å². The molecule has 0 spiro atoms. The molecule has 6 nitrogen and oxygen atoms in total. The molecule has 0 unspecified atom stereocenters. The van der Waals surface area contributed by atoms with Crippen molar-refractivity contribution in [2.75, 3.05) is 33.1 Å². The molecule has 0 atom stereocenters. The number of carbonyl (C=O) groups excluding carboxylic acids is 1. The smallest absolute Gasteiger partial charge is 0.235 e. The quantitative estimate of drug-likeness (QED) is 0.681. The first-order valence-electron chi connectivity index (χ1n) is 6.78. The maximum atomic E-state index is 11.9. The van der Waals surface area contributed by atoms with Gasteiger partial charge in [-0.05, 0) is 24.1 Å². The van der Waals surface area contributed by atoms with Crippen molar-refractivity contribution >= 4 is 27.5 Å². The Morgan fingerprint density at radius 3 is 2.50 bits per heavy atom. The Labute approximate surface area is 136 Å². The fraction of sp³-hybridized carbons (Fsp3) is 0.500. The Hall–Kier alpha value is -1.15. The lowest BCUT2D eigenvalue weighted by atomic mass is 10.2. The molecular weight excluding hydrogens is 328 g/mol. The first kappa shape index (κ1) is 18.9. The number of sulfonamides is 1. The monoisotopic (exact) mass is 348 g/mol. The van der Waals surface area contributed by atoms with E-state index in [1.54, 1.807) is 31.4 Å². The summed E-state index contributed by atoms with van der Waals surface area (Å²) in [6.07, 6.45) is 1.63. The molecular formula is C14H21ClN2O4S. The average Bonchev–Trinajstić information content (AvgIpc) is 2.45. The van der Waals surface area contributed by atoms with Gasteiger partial charge in [0.2, 0.25) is 15.9 Å². The van der Waals surface area contributed by atoms with Crippen molar-refractivity contribution in [1.29, 1.82) is 0 Å². The zero-order valence-electron chi connectivity index (χ0n) is 12.7. The van der Waals surface area contributed by atoms with Crippen molar-refractivity contribution in [3.05, 3.63) is 34.9 Å². The van der Waals surface area contributed by atoms with Crippen LogP contribution in [0.2, 0.25) is 5.02 Å². The van der Waals surface area contributed by atoms with Crippen LogP contribution >= 0.6 is 11.6 Å². The van der Waals surface area contributed by atoms with Gasteiger partial charge >= 0.3 is 0 Å². The van der Waals surface area contributed by atoms with E-state index >= 15 is 0 Å². The molecule has 0 aliphatic rings. The largest absolute Gasteiger partial charge is 0.385 e. The minimum Gasteiger partial charge on any atom is -0.385 e. The zero-order valence-corrected chi connectivity index (χ0v) is 14.3. The second-order valence-corrected chi connectivity index (χ2v) is 7.26. The SMILES string of the molecule is COCCCN(CC(=O)NCc1ccc(Cl)cc1)S(C)(=O)=O. The van der Waals surface area contributed by atoms with Gasteiger partial charge in [-0.25, -0.2) is 8.42 Å². The predicted octanol–water partition coefficient (Wildman–Crippen LogP) is 1.25. The maximum absolute atomic E-state index is 11.9. The van der Waals surface area contributed by atoms with E-state index < -0.39 is 10.0 Å². The number of amides is 1. The topological polar surface area (TPSA) is 75.7 Å². The summed E-state index contributed by atoms with van der Waals surface area (Å²) < 4.78 is 29.4. The second-order valence-electron chi connectivity index (χ2n) is 4.85. The Kier molecular flexibility index (Phi) is 7.81. The molecule has 1 aromatic rings. The van der Waals surface area contributed by atoms with Crippen molar-refractivity contribution in [2.45, 2.75) is 13.0 Å². The summed E-state index contributed by atoms with van der Waals surface area (Å²) in [5.74, 6) is -0.349. The maximum Gasteiger partial charge on any atom is 0.235 e. The van der Waals surface area contributed by atoms with Gasteiger partial charge in [-0.1, -0.05) is 23.7 Å². The fourth-order valence-corrected chi connectivity index (χ4v) is 2.70. The number of benzene rings is 1. The van der Waals surface area contributed by atoms with Gasteiger partial charge in [-0.2, -0.15) is 4.31 Å². The molecule has 0 fully saturated rings. The molecule has 1 N–H and O–H groups in total. The van der Waals surface area contributed by atoms with Crippen molar-refractivity contribution < 1.29 is 17.9 Å². The number of ether oxygens (including phenoxy) is 1. The highest BCUT2D eigenvalue weighted by Crippen LogP contribution is 2.09. The molecule has 0 heterocycles. The Morgan fingerprint density at radius 2 is 1.95 bits per heavy atom. The predicted molar refractivity (Wildman–Crippen MR) is 86.2 cm³/mol. The molecule has 8 heteroatoms. The summed E-state index contributed by atoms with van der Waals surface area (Å²) in [7, 11) is -1.88. The normalized spacial score (nSPS) is 11.6. The lowest BCUT2D eigenvalue weighted by molar-refractivity contribution is -0.121. The van der Waals surface area contributed by atoms with E-state index in [1.165, 1.54) is 0 Å². The van der Waals surface area contributed by atoms with E-state index in [1.807, 2.05) is 0 Å². The van der Waals surface area contributed by atoms with Crippen LogP contribution in [0, 0.1) is 0 Å². The highest BCUT2D eigenvalue weighted by Gasteiger charge is 2.19. The van der Waals surface area contributed by atoms with Crippen LogP contribution in [0.25, 0.3) is 0 Å². The highest BCUT2D eigenvalue weighted by molar-refractivity contribution is 7.88. The molecule has 0 aliphatic heterocycles. The van der Waals surface area contributed by atoms with Gasteiger partial charge in [0.15, 0.2) is 0 Å². The molecule has 1 amide bonds. The Bertz CT molecular complexity index is 575. The third kappa shape index (κ3) is 7.22. The van der Waals surface area contributed by atoms with Crippen LogP contribution in [0.15, 0.2) is 24.3 Å². The van der Waals surface area contributed by atoms with Crippen LogP contribution < -0.4 is 5.32 Å². The molecule has 124 valence electrons. The summed E-state index contributed by atoms with van der Waals surface area (Å²) in [6.45, 7) is 0.821. The van der Waals surface area contributed by atoms with Crippen molar-refractivity contribution in [2.24, 2.45) is 0 Å². The molecule has 0 saturated heterocycles. The first-order valence-corrected chi connectivity index (χ1v) is 9.00. The average molecular weight is 349 g/mol. The lowest BCUT2D eigenvalue weighted by Gasteiger charge is -2.19. The lowest BCUT2D eigenvalue weighted by Crippen LogP contribution is -2.40. The minimum atomic E-state index is -3.43. The molecule has 22 heavy (non-hydrogen) atoms. The number of nitrogens with zero attached hydrogens (tertiary/aromatic N) is 1. The van der Waals surface area contributed by atoms with Gasteiger partial charge in [0, 0.05) is 31.8 Å². The van der Waals surface area contributed by atoms with Gasteiger partial charge in [0.25, 0.3) is 0 Å². The minimum absolute atomic E-state index is 0.198. The van der Waals surface area contributed by atoms with E-state index in [0.29, 0.717) is 24.6 Å². The molecule has 1 aromatic carbocycles. The third-order valence-electron chi connectivity index (χ3n) is 2.95. The van der Waals surface area contributed by atoms with Gasteiger partial charge in [-0.3, -0.25) is 4.79 Å². The summed E-state index contributed by atoms with van der Waals surface area (Å²) in [6, 6.07) is 7.07. The van der Waals surface area contributed by atoms with Crippen LogP contribution in [-0.2, 0) is 26.1 Å². The number of carbonyl (C=O) groups is 1. The van der Waals surface area contributed by atoms with Gasteiger partial charge < -0.3 is 10.1 Å². The van der Waals surface area contributed by atoms with Crippen molar-refractivity contribution in [1.82, 2.24) is 9.62 Å². The first-order chi connectivity index (χ1) is 10.3. The van der Waals surface area contributed by atoms with Crippen LogP contribution in [-0.4, -0.2) is 51.7 Å². The second kappa shape index (κ2) is 9.09. The molecule has 1 rings (SSSR count). The summed E-state index contributed by atoms with van der Waals surface area (Å²) in [5.41, 5.74) is 0.892. The van der Waals surface area contributed by atoms with Crippen molar-refractivity contribution in [3.8, 4) is 0 Å². The van der Waals surface area contributed by atoms with Gasteiger partial charge in [-0.15, -0.1) is 0 Å². The molecule has 0 bridgehead atoms. The van der Waals surface area contributed by atoms with Crippen molar-refractivity contribution in [3.63, 3.8) is 0 Å². The van der Waals surface area contributed by atoms with Gasteiger partial charge in [0.1, 0.15) is 0 Å². The van der Waals surface area contributed by atoms with E-state index in [4.69, 9.17) is 16.3 Å². The molecule has 0 saturated carbocycles. The molecule has 0 aromatic heterocycles. The highest BCUT2D eigenvalue weighted by atomic mass is 35.5. The molecule has 0 aliphatic carbocycles.